The summed E-state index contributed by atoms with van der Waals surface area (Å²) in [4.78, 5) is 6.58. The summed E-state index contributed by atoms with van der Waals surface area (Å²) in [6.45, 7) is 2.03. The lowest BCUT2D eigenvalue weighted by atomic mass is 9.84. The molecule has 0 saturated heterocycles. The van der Waals surface area contributed by atoms with Crippen LogP contribution in [-0.2, 0) is 12.1 Å². The molecule has 0 bridgehead atoms. The fourth-order valence-corrected chi connectivity index (χ4v) is 3.71. The van der Waals surface area contributed by atoms with Crippen LogP contribution in [0.3, 0.4) is 0 Å². The minimum atomic E-state index is -1.41. The molecule has 0 spiro atoms. The summed E-state index contributed by atoms with van der Waals surface area (Å²) < 4.78 is 11.8. The average Bonchev–Trinajstić information content (AvgIpc) is 3.32. The smallest absolute Gasteiger partial charge is 0.208 e. The van der Waals surface area contributed by atoms with E-state index in [9.17, 15) is 5.11 Å². The van der Waals surface area contributed by atoms with Gasteiger partial charge in [-0.25, -0.2) is 4.98 Å². The maximum atomic E-state index is 11.8. The van der Waals surface area contributed by atoms with E-state index in [1.54, 1.807) is 6.20 Å². The topological polar surface area (TPSA) is 58.7 Å². The normalized spacial score (nSPS) is 11.6. The van der Waals surface area contributed by atoms with Gasteiger partial charge in [-0.05, 0) is 36.7 Å². The third-order valence-electron chi connectivity index (χ3n) is 5.39. The lowest BCUT2D eigenvalue weighted by molar-refractivity contribution is 0.0957. The van der Waals surface area contributed by atoms with E-state index < -0.39 is 5.60 Å². The predicted octanol–water partition coefficient (Wildman–Crippen LogP) is 4.86. The molecule has 32 heavy (non-hydrogen) atoms. The van der Waals surface area contributed by atoms with Gasteiger partial charge < -0.3 is 14.3 Å². The van der Waals surface area contributed by atoms with Crippen LogP contribution in [-0.4, -0.2) is 35.2 Å². The Kier molecular flexibility index (Phi) is 7.00. The van der Waals surface area contributed by atoms with Crippen molar-refractivity contribution < 1.29 is 14.3 Å². The zero-order chi connectivity index (χ0) is 22.2. The number of oxazole rings is 1. The minimum absolute atomic E-state index is 0.408. The average molecular weight is 429 g/mol. The van der Waals surface area contributed by atoms with E-state index in [1.807, 2.05) is 98.0 Å². The van der Waals surface area contributed by atoms with Gasteiger partial charge in [0.15, 0.2) is 11.4 Å². The minimum Gasteiger partial charge on any atom is -0.494 e. The van der Waals surface area contributed by atoms with Crippen molar-refractivity contribution in [3.8, 4) is 5.75 Å². The van der Waals surface area contributed by atoms with Crippen molar-refractivity contribution in [2.45, 2.75) is 18.6 Å². The summed E-state index contributed by atoms with van der Waals surface area (Å²) in [5.74, 6) is 1.86. The van der Waals surface area contributed by atoms with Gasteiger partial charge in [0.2, 0.25) is 5.89 Å². The molecule has 0 unspecified atom stereocenters. The summed E-state index contributed by atoms with van der Waals surface area (Å²) in [5, 5.41) is 11.8. The standard InChI is InChI=1S/C27H28N2O3/c1-29(18-11-19-31-24-16-9-4-10-17-24)21-26-28-20-25(32-26)27(30,22-12-5-2-6-13-22)23-14-7-3-8-15-23/h2-10,12-17,20,30H,11,18-19,21H2,1H3. The third-order valence-corrected chi connectivity index (χ3v) is 5.39. The quantitative estimate of drug-likeness (QED) is 0.366. The molecule has 0 aliphatic heterocycles. The number of rotatable bonds is 10. The second kappa shape index (κ2) is 10.3. The van der Waals surface area contributed by atoms with Gasteiger partial charge in [0.1, 0.15) is 5.75 Å². The summed E-state index contributed by atoms with van der Waals surface area (Å²) in [5.41, 5.74) is 0.0659. The highest BCUT2D eigenvalue weighted by atomic mass is 16.5. The SMILES string of the molecule is CN(CCCOc1ccccc1)Cc1ncc(C(O)(c2ccccc2)c2ccccc2)o1. The molecule has 0 aliphatic carbocycles. The molecule has 0 fully saturated rings. The van der Waals surface area contributed by atoms with E-state index in [0.717, 1.165) is 29.8 Å². The molecular formula is C27H28N2O3. The van der Waals surface area contributed by atoms with Gasteiger partial charge in [0, 0.05) is 6.54 Å². The highest BCUT2D eigenvalue weighted by Gasteiger charge is 2.37. The van der Waals surface area contributed by atoms with Crippen LogP contribution in [0.1, 0.15) is 29.2 Å². The van der Waals surface area contributed by atoms with Crippen molar-refractivity contribution in [2.75, 3.05) is 20.2 Å². The van der Waals surface area contributed by atoms with Crippen molar-refractivity contribution in [3.63, 3.8) is 0 Å². The zero-order valence-electron chi connectivity index (χ0n) is 18.2. The fraction of sp³-hybridized carbons (Fsp3) is 0.222. The molecule has 0 radical (unpaired) electrons. The van der Waals surface area contributed by atoms with Crippen molar-refractivity contribution in [2.24, 2.45) is 0 Å². The number of hydrogen-bond acceptors (Lipinski definition) is 5. The molecule has 3 aromatic carbocycles. The molecule has 4 aromatic rings. The highest BCUT2D eigenvalue weighted by molar-refractivity contribution is 5.42. The zero-order valence-corrected chi connectivity index (χ0v) is 18.2. The van der Waals surface area contributed by atoms with E-state index in [0.29, 0.717) is 24.8 Å². The number of nitrogens with zero attached hydrogens (tertiary/aromatic N) is 2. The van der Waals surface area contributed by atoms with Crippen LogP contribution in [0.2, 0.25) is 0 Å². The first-order chi connectivity index (χ1) is 15.7. The monoisotopic (exact) mass is 428 g/mol. The molecule has 1 N–H and O–H groups in total. The molecule has 0 aliphatic rings. The summed E-state index contributed by atoms with van der Waals surface area (Å²) >= 11 is 0. The van der Waals surface area contributed by atoms with Gasteiger partial charge in [-0.2, -0.15) is 0 Å². The Morgan fingerprint density at radius 3 is 2.03 bits per heavy atom. The number of aromatic nitrogens is 1. The lowest BCUT2D eigenvalue weighted by Gasteiger charge is -2.27. The largest absolute Gasteiger partial charge is 0.494 e. The highest BCUT2D eigenvalue weighted by Crippen LogP contribution is 2.36. The van der Waals surface area contributed by atoms with E-state index in [2.05, 4.69) is 9.88 Å². The van der Waals surface area contributed by atoms with Crippen LogP contribution in [0.15, 0.2) is 102 Å². The molecule has 1 heterocycles. The number of para-hydroxylation sites is 1. The van der Waals surface area contributed by atoms with E-state index in [4.69, 9.17) is 9.15 Å². The van der Waals surface area contributed by atoms with Crippen LogP contribution < -0.4 is 4.74 Å². The van der Waals surface area contributed by atoms with Crippen LogP contribution in [0.4, 0.5) is 0 Å². The van der Waals surface area contributed by atoms with Crippen LogP contribution in [0, 0.1) is 0 Å². The van der Waals surface area contributed by atoms with Crippen molar-refractivity contribution >= 4 is 0 Å². The Hall–Kier alpha value is -3.41. The summed E-state index contributed by atoms with van der Waals surface area (Å²) in [6, 6.07) is 28.9. The molecule has 4 rings (SSSR count). The second-order valence-corrected chi connectivity index (χ2v) is 7.81. The molecule has 0 atom stereocenters. The number of aliphatic hydroxyl groups is 1. The van der Waals surface area contributed by atoms with Crippen molar-refractivity contribution in [3.05, 3.63) is 120 Å². The number of ether oxygens (including phenoxy) is 1. The predicted molar refractivity (Wildman–Crippen MR) is 124 cm³/mol. The fourth-order valence-electron chi connectivity index (χ4n) is 3.71. The van der Waals surface area contributed by atoms with Crippen LogP contribution in [0.25, 0.3) is 0 Å². The Morgan fingerprint density at radius 2 is 1.44 bits per heavy atom. The molecular weight excluding hydrogens is 400 g/mol. The summed E-state index contributed by atoms with van der Waals surface area (Å²) in [6.07, 6.45) is 2.51. The van der Waals surface area contributed by atoms with Gasteiger partial charge in [0.25, 0.3) is 0 Å². The Labute approximate surface area is 188 Å². The molecule has 5 nitrogen and oxygen atoms in total. The molecule has 0 saturated carbocycles. The first-order valence-electron chi connectivity index (χ1n) is 10.8. The van der Waals surface area contributed by atoms with Gasteiger partial charge in [-0.3, -0.25) is 4.90 Å². The number of hydrogen-bond donors (Lipinski definition) is 1. The molecule has 0 amide bonds. The second-order valence-electron chi connectivity index (χ2n) is 7.81. The van der Waals surface area contributed by atoms with Crippen molar-refractivity contribution in [1.82, 2.24) is 9.88 Å². The van der Waals surface area contributed by atoms with E-state index >= 15 is 0 Å². The third kappa shape index (κ3) is 5.07. The van der Waals surface area contributed by atoms with E-state index in [-0.39, 0.29) is 0 Å². The Bertz CT molecular complexity index is 1040. The van der Waals surface area contributed by atoms with Gasteiger partial charge >= 0.3 is 0 Å². The van der Waals surface area contributed by atoms with Gasteiger partial charge in [0.05, 0.1) is 19.3 Å². The van der Waals surface area contributed by atoms with Crippen LogP contribution in [0.5, 0.6) is 5.75 Å². The first-order valence-corrected chi connectivity index (χ1v) is 10.8. The maximum Gasteiger partial charge on any atom is 0.208 e. The lowest BCUT2D eigenvalue weighted by Crippen LogP contribution is -2.28. The number of benzene rings is 3. The maximum absolute atomic E-state index is 11.8. The van der Waals surface area contributed by atoms with E-state index in [1.165, 1.54) is 0 Å². The first kappa shape index (κ1) is 21.8. The Morgan fingerprint density at radius 1 is 0.875 bits per heavy atom. The molecule has 164 valence electrons. The van der Waals surface area contributed by atoms with Crippen molar-refractivity contribution in [1.29, 1.82) is 0 Å². The Balaban J connectivity index is 1.42. The summed E-state index contributed by atoms with van der Waals surface area (Å²) in [7, 11) is 2.02. The molecule has 1 aromatic heterocycles. The van der Waals surface area contributed by atoms with Gasteiger partial charge in [-0.15, -0.1) is 0 Å². The van der Waals surface area contributed by atoms with Crippen LogP contribution >= 0.6 is 0 Å². The van der Waals surface area contributed by atoms with Gasteiger partial charge in [-0.1, -0.05) is 78.9 Å². The molecule has 5 heteroatoms.